The number of aliphatic imine (C=N–C) groups is 1. The first kappa shape index (κ1) is 29.3. The molecule has 4 rings (SSSR count). The van der Waals surface area contributed by atoms with Crippen LogP contribution in [0.4, 0.5) is 0 Å². The number of carbonyl (C=O) groups is 2. The van der Waals surface area contributed by atoms with E-state index in [9.17, 15) is 24.9 Å². The predicted molar refractivity (Wildman–Crippen MR) is 148 cm³/mol. The van der Waals surface area contributed by atoms with Crippen LogP contribution >= 0.6 is 23.2 Å². The number of nitriles is 1. The monoisotopic (exact) mass is 587 g/mol. The second-order valence-corrected chi connectivity index (χ2v) is 10.2. The fraction of sp³-hybridized carbons (Fsp3) is 0.346. The first-order chi connectivity index (χ1) is 19.2. The molecule has 2 unspecified atom stereocenters. The third-order valence-electron chi connectivity index (χ3n) is 6.55. The molecule has 14 heteroatoms. The Balaban J connectivity index is 1.39. The van der Waals surface area contributed by atoms with E-state index in [1.165, 1.54) is 12.1 Å². The van der Waals surface area contributed by atoms with Crippen molar-refractivity contribution in [3.8, 4) is 6.19 Å². The van der Waals surface area contributed by atoms with Gasteiger partial charge < -0.3 is 35.6 Å². The topological polar surface area (TPSA) is 187 Å². The number of nitrogens with zero attached hydrogens (tertiary/aromatic N) is 4. The minimum absolute atomic E-state index is 0.0530. The van der Waals surface area contributed by atoms with E-state index in [0.29, 0.717) is 30.4 Å². The molecule has 1 fully saturated rings. The number of likely N-dealkylation sites (tertiary alicyclic amines) is 1. The molecule has 210 valence electrons. The highest BCUT2D eigenvalue weighted by molar-refractivity contribution is 6.39. The smallest absolute Gasteiger partial charge is 0.254 e. The number of aliphatic hydroxyl groups excluding tert-OH is 3. The molecule has 1 saturated heterocycles. The van der Waals surface area contributed by atoms with Crippen molar-refractivity contribution in [2.24, 2.45) is 4.99 Å². The van der Waals surface area contributed by atoms with Gasteiger partial charge in [-0.1, -0.05) is 35.3 Å². The van der Waals surface area contributed by atoms with Crippen molar-refractivity contribution in [1.82, 2.24) is 25.7 Å². The van der Waals surface area contributed by atoms with Crippen LogP contribution in [-0.4, -0.2) is 80.3 Å². The zero-order chi connectivity index (χ0) is 28.8. The molecular formula is C26H27Cl2N7O5. The van der Waals surface area contributed by atoms with Crippen molar-refractivity contribution < 1.29 is 24.9 Å². The number of aromatic amines is 1. The summed E-state index contributed by atoms with van der Waals surface area (Å²) < 4.78 is 0. The van der Waals surface area contributed by atoms with Crippen molar-refractivity contribution in [3.05, 3.63) is 63.3 Å². The van der Waals surface area contributed by atoms with E-state index in [2.05, 4.69) is 25.8 Å². The fourth-order valence-electron chi connectivity index (χ4n) is 4.43. The van der Waals surface area contributed by atoms with E-state index >= 15 is 0 Å². The molecule has 0 radical (unpaired) electrons. The van der Waals surface area contributed by atoms with Gasteiger partial charge in [0.05, 0.1) is 45.6 Å². The lowest BCUT2D eigenvalue weighted by Gasteiger charge is -2.22. The van der Waals surface area contributed by atoms with Gasteiger partial charge in [0.15, 0.2) is 0 Å². The Morgan fingerprint density at radius 2 is 1.98 bits per heavy atom. The van der Waals surface area contributed by atoms with Crippen molar-refractivity contribution in [3.63, 3.8) is 0 Å². The van der Waals surface area contributed by atoms with Crippen LogP contribution < -0.4 is 10.6 Å². The Hall–Kier alpha value is -3.73. The number of hydrogen-bond acceptors (Lipinski definition) is 8. The first-order valence-electron chi connectivity index (χ1n) is 12.4. The third-order valence-corrected chi connectivity index (χ3v) is 7.15. The van der Waals surface area contributed by atoms with Crippen LogP contribution in [0.15, 0.2) is 41.5 Å². The maximum absolute atomic E-state index is 13.0. The Morgan fingerprint density at radius 3 is 2.62 bits per heavy atom. The Bertz CT molecular complexity index is 1430. The molecular weight excluding hydrogens is 561 g/mol. The number of aliphatic hydroxyl groups is 3. The Morgan fingerprint density at radius 1 is 1.25 bits per heavy atom. The van der Waals surface area contributed by atoms with E-state index in [-0.39, 0.29) is 41.1 Å². The number of fused-ring (bicyclic) bond motifs is 1. The summed E-state index contributed by atoms with van der Waals surface area (Å²) >= 11 is 12.7. The van der Waals surface area contributed by atoms with Gasteiger partial charge in [0, 0.05) is 31.4 Å². The van der Waals surface area contributed by atoms with E-state index < -0.39 is 30.3 Å². The predicted octanol–water partition coefficient (Wildman–Crippen LogP) is 1.82. The average Bonchev–Trinajstić information content (AvgIpc) is 3.58. The van der Waals surface area contributed by atoms with Gasteiger partial charge in [-0.15, -0.1) is 4.99 Å². The number of carbonyl (C=O) groups excluding carboxylic acids is 2. The second kappa shape index (κ2) is 13.1. The molecule has 4 atom stereocenters. The third kappa shape index (κ3) is 6.88. The van der Waals surface area contributed by atoms with Gasteiger partial charge in [-0.2, -0.15) is 10.4 Å². The number of aldehydes is 1. The molecule has 0 bridgehead atoms. The van der Waals surface area contributed by atoms with E-state index in [0.717, 1.165) is 10.9 Å². The number of halogens is 2. The van der Waals surface area contributed by atoms with Gasteiger partial charge in [0.2, 0.25) is 12.2 Å². The average molecular weight is 588 g/mol. The Kier molecular flexibility index (Phi) is 9.57. The molecule has 1 amide bonds. The lowest BCUT2D eigenvalue weighted by atomic mass is 9.97. The van der Waals surface area contributed by atoms with Crippen LogP contribution in [-0.2, 0) is 4.79 Å². The highest BCUT2D eigenvalue weighted by Crippen LogP contribution is 2.33. The molecule has 3 aromatic rings. The molecule has 12 nitrogen and oxygen atoms in total. The van der Waals surface area contributed by atoms with Crippen LogP contribution in [0, 0.1) is 11.5 Å². The van der Waals surface area contributed by atoms with Gasteiger partial charge in [0.25, 0.3) is 5.91 Å². The zero-order valence-electron chi connectivity index (χ0n) is 21.1. The lowest BCUT2D eigenvalue weighted by Crippen LogP contribution is -2.48. The molecule has 2 heterocycles. The van der Waals surface area contributed by atoms with Crippen molar-refractivity contribution >= 4 is 52.3 Å². The summed E-state index contributed by atoms with van der Waals surface area (Å²) in [7, 11) is 0. The van der Waals surface area contributed by atoms with Gasteiger partial charge in [-0.05, 0) is 35.7 Å². The van der Waals surface area contributed by atoms with Crippen LogP contribution in [0.1, 0.15) is 46.5 Å². The highest BCUT2D eigenvalue weighted by Gasteiger charge is 2.26. The number of H-pyrrole nitrogens is 1. The summed E-state index contributed by atoms with van der Waals surface area (Å²) in [5.41, 5.74) is 1.54. The van der Waals surface area contributed by atoms with Crippen LogP contribution in [0.5, 0.6) is 0 Å². The maximum atomic E-state index is 13.0. The fourth-order valence-corrected chi connectivity index (χ4v) is 5.10. The highest BCUT2D eigenvalue weighted by atomic mass is 35.5. The first-order valence-corrected chi connectivity index (χ1v) is 13.1. The van der Waals surface area contributed by atoms with E-state index in [4.69, 9.17) is 28.5 Å². The van der Waals surface area contributed by atoms with E-state index in [1.807, 2.05) is 0 Å². The lowest BCUT2D eigenvalue weighted by molar-refractivity contribution is -0.109. The quantitative estimate of drug-likeness (QED) is 0.0938. The number of benzene rings is 2. The number of aromatic nitrogens is 2. The largest absolute Gasteiger partial charge is 0.391 e. The maximum Gasteiger partial charge on any atom is 0.254 e. The van der Waals surface area contributed by atoms with E-state index in [1.54, 1.807) is 35.5 Å². The zero-order valence-corrected chi connectivity index (χ0v) is 22.6. The second-order valence-electron chi connectivity index (χ2n) is 9.36. The summed E-state index contributed by atoms with van der Waals surface area (Å²) in [4.78, 5) is 30.0. The minimum atomic E-state index is -1.14. The van der Waals surface area contributed by atoms with Gasteiger partial charge in [-0.3, -0.25) is 9.89 Å². The molecule has 0 aliphatic carbocycles. The summed E-state index contributed by atoms with van der Waals surface area (Å²) in [5.74, 6) is -0.542. The SMILES string of the molecule is N#C/N=C(\NC[C@@H](C=O)NC(=O)c1c(Cl)cc(C(O)CC(O)c2ccc3cn[nH]c3c2)cc1Cl)N1CC[C@H](O)C1. The molecule has 0 spiro atoms. The number of hydrogen-bond donors (Lipinski definition) is 6. The van der Waals surface area contributed by atoms with Crippen LogP contribution in [0.2, 0.25) is 10.0 Å². The molecule has 2 aromatic carbocycles. The number of rotatable bonds is 9. The molecule has 1 aliphatic rings. The normalized spacial score (nSPS) is 17.8. The number of amides is 1. The summed E-state index contributed by atoms with van der Waals surface area (Å²) in [6.07, 6.45) is 1.61. The number of nitrogens with one attached hydrogen (secondary N) is 3. The summed E-state index contributed by atoms with van der Waals surface area (Å²) in [6.45, 7) is 0.675. The standard InChI is InChI=1S/C26H27Cl2N7O5/c27-19-5-16(23(39)8-22(38)14-1-2-15-9-32-34-21(15)7-14)6-20(28)24(19)25(40)33-17(12-36)10-30-26(31-13-29)35-4-3-18(37)11-35/h1-2,5-7,9,12,17-18,22-23,37-39H,3-4,8,10-11H2,(H,30,31)(H,32,34)(H,33,40)/t17-,18-,22?,23?/m0/s1. The van der Waals surface area contributed by atoms with Crippen molar-refractivity contribution in [2.75, 3.05) is 19.6 Å². The van der Waals surface area contributed by atoms with Crippen LogP contribution in [0.25, 0.3) is 10.9 Å². The van der Waals surface area contributed by atoms with Gasteiger partial charge >= 0.3 is 0 Å². The number of β-amino-alcohol motifs (C(OH)–C–C–N with tert-alkyl or cyclic N) is 1. The molecule has 1 aromatic heterocycles. The van der Waals surface area contributed by atoms with Crippen molar-refractivity contribution in [1.29, 1.82) is 5.26 Å². The Labute approximate surface area is 239 Å². The van der Waals surface area contributed by atoms with Crippen LogP contribution in [0.3, 0.4) is 0 Å². The minimum Gasteiger partial charge on any atom is -0.391 e. The summed E-state index contributed by atoms with van der Waals surface area (Å²) in [5, 5.41) is 53.1. The molecule has 6 N–H and O–H groups in total. The molecule has 1 aliphatic heterocycles. The number of guanidine groups is 1. The summed E-state index contributed by atoms with van der Waals surface area (Å²) in [6, 6.07) is 7.02. The van der Waals surface area contributed by atoms with Gasteiger partial charge in [-0.25, -0.2) is 0 Å². The van der Waals surface area contributed by atoms with Crippen molar-refractivity contribution in [2.45, 2.75) is 37.2 Å². The molecule has 0 saturated carbocycles. The molecule has 40 heavy (non-hydrogen) atoms. The van der Waals surface area contributed by atoms with Gasteiger partial charge in [0.1, 0.15) is 12.3 Å².